The fourth-order valence-corrected chi connectivity index (χ4v) is 1.41. The Labute approximate surface area is 101 Å². The Kier molecular flexibility index (Phi) is 3.19. The van der Waals surface area contributed by atoms with Crippen LogP contribution in [0.1, 0.15) is 21.6 Å². The molecule has 0 saturated carbocycles. The average molecular weight is 224 g/mol. The Morgan fingerprint density at radius 1 is 1.29 bits per heavy atom. The molecular formula is C14H12N2O. The van der Waals surface area contributed by atoms with E-state index >= 15 is 0 Å². The molecule has 1 N–H and O–H groups in total. The van der Waals surface area contributed by atoms with Crippen molar-refractivity contribution in [1.29, 1.82) is 0 Å². The van der Waals surface area contributed by atoms with E-state index in [-0.39, 0.29) is 5.91 Å². The molecule has 0 fully saturated rings. The molecule has 0 aliphatic carbocycles. The molecule has 2 aromatic rings. The zero-order chi connectivity index (χ0) is 12.3. The van der Waals surface area contributed by atoms with Gasteiger partial charge in [-0.15, -0.1) is 0 Å². The van der Waals surface area contributed by atoms with Crippen LogP contribution >= 0.6 is 0 Å². The molecule has 3 nitrogen and oxygen atoms in total. The van der Waals surface area contributed by atoms with Gasteiger partial charge in [-0.1, -0.05) is 12.1 Å². The lowest BCUT2D eigenvalue weighted by molar-refractivity contribution is 0.102. The van der Waals surface area contributed by atoms with Crippen molar-refractivity contribution >= 4 is 11.6 Å². The van der Waals surface area contributed by atoms with Crippen LogP contribution in [0.15, 0.2) is 42.6 Å². The van der Waals surface area contributed by atoms with Gasteiger partial charge in [-0.05, 0) is 49.2 Å². The Hall–Kier alpha value is -2.16. The largest absolute Gasteiger partial charge is 0.321 e. The van der Waals surface area contributed by atoms with Crippen LogP contribution in [0.25, 0.3) is 0 Å². The summed E-state index contributed by atoms with van der Waals surface area (Å²) in [6, 6.07) is 10.6. The number of carbonyl (C=O) groups excluding carboxylic acids is 1. The molecule has 0 aliphatic rings. The molecule has 1 amide bonds. The van der Waals surface area contributed by atoms with Crippen molar-refractivity contribution in [1.82, 2.24) is 4.98 Å². The third kappa shape index (κ3) is 2.69. The number of anilines is 1. The van der Waals surface area contributed by atoms with Crippen LogP contribution in [0.3, 0.4) is 0 Å². The normalized spacial score (nSPS) is 10.0. The third-order valence-corrected chi connectivity index (χ3v) is 2.43. The second-order valence-corrected chi connectivity index (χ2v) is 3.74. The van der Waals surface area contributed by atoms with Crippen LogP contribution in [0.4, 0.5) is 5.69 Å². The predicted octanol–water partition coefficient (Wildman–Crippen LogP) is 2.70. The molecular weight excluding hydrogens is 212 g/mol. The number of amides is 1. The second kappa shape index (κ2) is 4.78. The molecule has 0 atom stereocenters. The number of hydrogen-bond acceptors (Lipinski definition) is 2. The van der Waals surface area contributed by atoms with Gasteiger partial charge in [0.1, 0.15) is 5.69 Å². The van der Waals surface area contributed by atoms with Gasteiger partial charge in [0, 0.05) is 11.9 Å². The molecule has 84 valence electrons. The van der Waals surface area contributed by atoms with E-state index in [9.17, 15) is 4.79 Å². The first-order valence-corrected chi connectivity index (χ1v) is 5.25. The van der Waals surface area contributed by atoms with Crippen molar-refractivity contribution in [2.75, 3.05) is 5.32 Å². The maximum absolute atomic E-state index is 11.8. The van der Waals surface area contributed by atoms with Gasteiger partial charge >= 0.3 is 0 Å². The number of aromatic nitrogens is 1. The SMILES string of the molecule is [CH]c1cc(NC(=O)c2ccccn2)ccc1C. The first-order valence-electron chi connectivity index (χ1n) is 5.25. The Morgan fingerprint density at radius 3 is 2.76 bits per heavy atom. The number of aryl methyl sites for hydroxylation is 1. The van der Waals surface area contributed by atoms with Crippen LogP contribution < -0.4 is 5.32 Å². The summed E-state index contributed by atoms with van der Waals surface area (Å²) in [6.45, 7) is 7.68. The minimum absolute atomic E-state index is 0.242. The quantitative estimate of drug-likeness (QED) is 0.852. The van der Waals surface area contributed by atoms with E-state index in [2.05, 4.69) is 10.3 Å². The molecule has 2 rings (SSSR count). The van der Waals surface area contributed by atoms with Gasteiger partial charge < -0.3 is 5.32 Å². The third-order valence-electron chi connectivity index (χ3n) is 2.43. The van der Waals surface area contributed by atoms with E-state index in [1.54, 1.807) is 30.5 Å². The molecule has 1 aromatic carbocycles. The fourth-order valence-electron chi connectivity index (χ4n) is 1.41. The molecule has 17 heavy (non-hydrogen) atoms. The molecule has 0 spiro atoms. The lowest BCUT2D eigenvalue weighted by atomic mass is 10.1. The average Bonchev–Trinajstić information content (AvgIpc) is 2.35. The van der Waals surface area contributed by atoms with E-state index in [1.807, 2.05) is 19.1 Å². The summed E-state index contributed by atoms with van der Waals surface area (Å²) in [5.41, 5.74) is 2.69. The summed E-state index contributed by atoms with van der Waals surface area (Å²) in [7, 11) is 0. The van der Waals surface area contributed by atoms with Crippen molar-refractivity contribution in [2.45, 2.75) is 6.92 Å². The van der Waals surface area contributed by atoms with Crippen molar-refractivity contribution in [3.63, 3.8) is 0 Å². The molecule has 2 radical (unpaired) electrons. The monoisotopic (exact) mass is 224 g/mol. The maximum Gasteiger partial charge on any atom is 0.274 e. The van der Waals surface area contributed by atoms with E-state index in [1.165, 1.54) is 0 Å². The van der Waals surface area contributed by atoms with Gasteiger partial charge in [0.25, 0.3) is 5.91 Å². The zero-order valence-corrected chi connectivity index (χ0v) is 9.47. The van der Waals surface area contributed by atoms with E-state index < -0.39 is 0 Å². The van der Waals surface area contributed by atoms with Gasteiger partial charge in [0.05, 0.1) is 0 Å². The van der Waals surface area contributed by atoms with Crippen molar-refractivity contribution in [2.24, 2.45) is 0 Å². The van der Waals surface area contributed by atoms with Crippen LogP contribution in [0.5, 0.6) is 0 Å². The van der Waals surface area contributed by atoms with Gasteiger partial charge in [-0.25, -0.2) is 0 Å². The highest BCUT2D eigenvalue weighted by molar-refractivity contribution is 6.02. The van der Waals surface area contributed by atoms with Gasteiger partial charge in [-0.2, -0.15) is 0 Å². The zero-order valence-electron chi connectivity index (χ0n) is 9.47. The van der Waals surface area contributed by atoms with Crippen LogP contribution in [-0.4, -0.2) is 10.9 Å². The number of rotatable bonds is 2. The molecule has 0 saturated heterocycles. The summed E-state index contributed by atoms with van der Waals surface area (Å²) in [6.07, 6.45) is 1.58. The second-order valence-electron chi connectivity index (χ2n) is 3.74. The Bertz CT molecular complexity index is 535. The summed E-state index contributed by atoms with van der Waals surface area (Å²) in [4.78, 5) is 15.8. The molecule has 3 heteroatoms. The Morgan fingerprint density at radius 2 is 2.12 bits per heavy atom. The van der Waals surface area contributed by atoms with E-state index in [4.69, 9.17) is 6.92 Å². The summed E-state index contributed by atoms with van der Waals surface area (Å²) >= 11 is 0. The fraction of sp³-hybridized carbons (Fsp3) is 0.0714. The summed E-state index contributed by atoms with van der Waals surface area (Å²) < 4.78 is 0. The van der Waals surface area contributed by atoms with Crippen LogP contribution in [0, 0.1) is 13.8 Å². The number of carbonyl (C=O) groups is 1. The highest BCUT2D eigenvalue weighted by atomic mass is 16.1. The van der Waals surface area contributed by atoms with E-state index in [0.717, 1.165) is 5.56 Å². The lowest BCUT2D eigenvalue weighted by Crippen LogP contribution is -2.13. The smallest absolute Gasteiger partial charge is 0.274 e. The molecule has 1 heterocycles. The van der Waals surface area contributed by atoms with Crippen molar-refractivity contribution in [3.8, 4) is 0 Å². The highest BCUT2D eigenvalue weighted by Gasteiger charge is 2.06. The van der Waals surface area contributed by atoms with Gasteiger partial charge in [0.15, 0.2) is 0 Å². The molecule has 0 aliphatic heterocycles. The van der Waals surface area contributed by atoms with Crippen LogP contribution in [-0.2, 0) is 0 Å². The standard InChI is InChI=1S/C14H12N2O/c1-10-6-7-12(9-11(10)2)16-14(17)13-5-3-4-8-15-13/h2-9H,1H3,(H,16,17). The minimum Gasteiger partial charge on any atom is -0.321 e. The summed E-state index contributed by atoms with van der Waals surface area (Å²) in [5, 5.41) is 2.74. The molecule has 1 aromatic heterocycles. The van der Waals surface area contributed by atoms with Crippen molar-refractivity contribution in [3.05, 3.63) is 66.3 Å². The maximum atomic E-state index is 11.8. The van der Waals surface area contributed by atoms with E-state index in [0.29, 0.717) is 16.9 Å². The van der Waals surface area contributed by atoms with Gasteiger partial charge in [-0.3, -0.25) is 9.78 Å². The Balaban J connectivity index is 2.16. The number of pyridine rings is 1. The molecule has 0 bridgehead atoms. The van der Waals surface area contributed by atoms with Gasteiger partial charge in [0.2, 0.25) is 0 Å². The summed E-state index contributed by atoms with van der Waals surface area (Å²) in [5.74, 6) is -0.242. The minimum atomic E-state index is -0.242. The number of nitrogens with zero attached hydrogens (tertiary/aromatic N) is 1. The number of benzene rings is 1. The van der Waals surface area contributed by atoms with Crippen LogP contribution in [0.2, 0.25) is 0 Å². The molecule has 0 unspecified atom stereocenters. The topological polar surface area (TPSA) is 42.0 Å². The lowest BCUT2D eigenvalue weighted by Gasteiger charge is -2.06. The first-order chi connectivity index (χ1) is 8.16. The number of hydrogen-bond donors (Lipinski definition) is 1. The first kappa shape index (κ1) is 11.3. The highest BCUT2D eigenvalue weighted by Crippen LogP contribution is 2.14. The number of nitrogens with one attached hydrogen (secondary N) is 1. The van der Waals surface area contributed by atoms with Crippen molar-refractivity contribution < 1.29 is 4.79 Å². The predicted molar refractivity (Wildman–Crippen MR) is 66.8 cm³/mol.